The zero-order valence-corrected chi connectivity index (χ0v) is 21.2. The molecule has 186 valence electrons. The summed E-state index contributed by atoms with van der Waals surface area (Å²) in [7, 11) is 3.75. The van der Waals surface area contributed by atoms with Crippen molar-refractivity contribution in [3.63, 3.8) is 0 Å². The molecule has 7 nitrogen and oxygen atoms in total. The molecule has 0 atom stereocenters. The third-order valence-corrected chi connectivity index (χ3v) is 6.92. The van der Waals surface area contributed by atoms with E-state index in [1.54, 1.807) is 6.20 Å². The van der Waals surface area contributed by atoms with Gasteiger partial charge in [-0.1, -0.05) is 5.16 Å². The second-order valence-corrected chi connectivity index (χ2v) is 9.86. The Bertz CT molecular complexity index is 1120. The van der Waals surface area contributed by atoms with Gasteiger partial charge in [0, 0.05) is 23.7 Å². The summed E-state index contributed by atoms with van der Waals surface area (Å²) in [6, 6.07) is 10.1. The average Bonchev–Trinajstić information content (AvgIpc) is 3.62. The molecule has 5 rings (SSSR count). The van der Waals surface area contributed by atoms with Gasteiger partial charge in [-0.15, -0.1) is 0 Å². The number of aromatic nitrogens is 2. The lowest BCUT2D eigenvalue weighted by molar-refractivity contribution is 0.170. The van der Waals surface area contributed by atoms with Crippen molar-refractivity contribution < 1.29 is 9.26 Å². The second kappa shape index (κ2) is 12.1. The minimum Gasteiger partial charge on any atom is -0.493 e. The van der Waals surface area contributed by atoms with Crippen LogP contribution in [0.5, 0.6) is 5.75 Å². The van der Waals surface area contributed by atoms with Crippen LogP contribution < -0.4 is 10.1 Å². The van der Waals surface area contributed by atoms with Crippen molar-refractivity contribution in [3.05, 3.63) is 53.0 Å². The maximum Gasteiger partial charge on any atom is 0.173 e. The molecule has 0 bridgehead atoms. The quantitative estimate of drug-likeness (QED) is 0.497. The summed E-state index contributed by atoms with van der Waals surface area (Å²) < 4.78 is 11.7. The van der Waals surface area contributed by atoms with Crippen LogP contribution in [0.3, 0.4) is 0 Å². The Morgan fingerprint density at radius 1 is 1.11 bits per heavy atom. The first-order valence-corrected chi connectivity index (χ1v) is 12.8. The molecule has 35 heavy (non-hydrogen) atoms. The normalized spacial score (nSPS) is 16.5. The van der Waals surface area contributed by atoms with Crippen LogP contribution in [-0.4, -0.2) is 48.8 Å². The maximum atomic E-state index is 8.91. The van der Waals surface area contributed by atoms with E-state index >= 15 is 0 Å². The SMILES string of the molecule is CNC.Cc1c(OCC2CC2)ccc2c(CCC3CCN(Cc4ccc(C#N)cn4)CC3)noc12. The number of likely N-dealkylation sites (tertiary alicyclic amines) is 1. The fourth-order valence-electron chi connectivity index (χ4n) is 4.58. The molecular formula is C28H37N5O2. The largest absolute Gasteiger partial charge is 0.493 e. The van der Waals surface area contributed by atoms with Crippen LogP contribution in [0, 0.1) is 30.1 Å². The van der Waals surface area contributed by atoms with E-state index < -0.39 is 0 Å². The van der Waals surface area contributed by atoms with Crippen LogP contribution in [0.2, 0.25) is 0 Å². The number of rotatable bonds is 8. The van der Waals surface area contributed by atoms with Crippen LogP contribution in [0.15, 0.2) is 35.0 Å². The van der Waals surface area contributed by atoms with Crippen molar-refractivity contribution in [3.8, 4) is 11.8 Å². The zero-order valence-electron chi connectivity index (χ0n) is 21.2. The number of hydrogen-bond acceptors (Lipinski definition) is 7. The molecule has 0 unspecified atom stereocenters. The van der Waals surface area contributed by atoms with E-state index in [2.05, 4.69) is 45.5 Å². The second-order valence-electron chi connectivity index (χ2n) is 9.86. The van der Waals surface area contributed by atoms with E-state index in [9.17, 15) is 0 Å². The zero-order chi connectivity index (χ0) is 24.6. The number of nitriles is 1. The van der Waals surface area contributed by atoms with E-state index in [4.69, 9.17) is 14.5 Å². The number of nitrogens with one attached hydrogen (secondary N) is 1. The van der Waals surface area contributed by atoms with E-state index in [-0.39, 0.29) is 0 Å². The molecule has 1 aromatic carbocycles. The summed E-state index contributed by atoms with van der Waals surface area (Å²) in [6.45, 7) is 5.92. The molecule has 2 aliphatic rings. The van der Waals surface area contributed by atoms with Gasteiger partial charge < -0.3 is 14.6 Å². The van der Waals surface area contributed by atoms with Gasteiger partial charge in [0.15, 0.2) is 5.58 Å². The van der Waals surface area contributed by atoms with Gasteiger partial charge in [0.25, 0.3) is 0 Å². The number of piperidine rings is 1. The smallest absolute Gasteiger partial charge is 0.173 e. The Balaban J connectivity index is 0.000000917. The van der Waals surface area contributed by atoms with Crippen LogP contribution in [0.1, 0.15) is 54.6 Å². The summed E-state index contributed by atoms with van der Waals surface area (Å²) in [6.07, 6.45) is 8.74. The topological polar surface area (TPSA) is 87.2 Å². The molecule has 1 saturated heterocycles. The number of hydrogen-bond donors (Lipinski definition) is 1. The number of fused-ring (bicyclic) bond motifs is 1. The highest BCUT2D eigenvalue weighted by Gasteiger charge is 2.23. The summed E-state index contributed by atoms with van der Waals surface area (Å²) in [5.41, 5.74) is 4.66. The minimum atomic E-state index is 0.616. The van der Waals surface area contributed by atoms with Crippen molar-refractivity contribution in [2.45, 2.75) is 52.0 Å². The van der Waals surface area contributed by atoms with Crippen molar-refractivity contribution in [1.82, 2.24) is 20.4 Å². The molecule has 3 heterocycles. The van der Waals surface area contributed by atoms with Gasteiger partial charge in [0.05, 0.1) is 23.6 Å². The number of benzene rings is 1. The first kappa shape index (κ1) is 25.2. The molecule has 0 radical (unpaired) electrons. The van der Waals surface area contributed by atoms with Gasteiger partial charge in [-0.3, -0.25) is 9.88 Å². The molecule has 2 aromatic heterocycles. The molecule has 1 saturated carbocycles. The number of nitrogens with zero attached hydrogens (tertiary/aromatic N) is 4. The van der Waals surface area contributed by atoms with E-state index in [0.29, 0.717) is 11.5 Å². The lowest BCUT2D eigenvalue weighted by Gasteiger charge is -2.31. The van der Waals surface area contributed by atoms with Crippen LogP contribution in [0.25, 0.3) is 11.0 Å². The highest BCUT2D eigenvalue weighted by Crippen LogP contribution is 2.34. The summed E-state index contributed by atoms with van der Waals surface area (Å²) in [5, 5.41) is 17.2. The maximum absolute atomic E-state index is 8.91. The molecule has 0 spiro atoms. The van der Waals surface area contributed by atoms with Gasteiger partial charge in [0.1, 0.15) is 11.8 Å². The van der Waals surface area contributed by atoms with Gasteiger partial charge in [-0.25, -0.2) is 0 Å². The van der Waals surface area contributed by atoms with Crippen LogP contribution >= 0.6 is 0 Å². The molecule has 2 fully saturated rings. The molecule has 3 aromatic rings. The molecule has 0 amide bonds. The predicted molar refractivity (Wildman–Crippen MR) is 137 cm³/mol. The summed E-state index contributed by atoms with van der Waals surface area (Å²) in [4.78, 5) is 6.87. The first-order chi connectivity index (χ1) is 17.1. The highest BCUT2D eigenvalue weighted by molar-refractivity contribution is 5.84. The third-order valence-electron chi connectivity index (χ3n) is 6.92. The fourth-order valence-corrected chi connectivity index (χ4v) is 4.58. The monoisotopic (exact) mass is 475 g/mol. The number of aryl methyl sites for hydroxylation is 2. The van der Waals surface area contributed by atoms with Gasteiger partial charge in [-0.05, 0) is 109 Å². The van der Waals surface area contributed by atoms with E-state index in [1.165, 1.54) is 25.7 Å². The number of ether oxygens (including phenoxy) is 1. The van der Waals surface area contributed by atoms with Gasteiger partial charge >= 0.3 is 0 Å². The van der Waals surface area contributed by atoms with Crippen molar-refractivity contribution in [2.75, 3.05) is 33.8 Å². The Morgan fingerprint density at radius 3 is 2.54 bits per heavy atom. The van der Waals surface area contributed by atoms with Gasteiger partial charge in [-0.2, -0.15) is 5.26 Å². The van der Waals surface area contributed by atoms with Crippen LogP contribution in [0.4, 0.5) is 0 Å². The minimum absolute atomic E-state index is 0.616. The van der Waals surface area contributed by atoms with Crippen molar-refractivity contribution >= 4 is 11.0 Å². The predicted octanol–water partition coefficient (Wildman–Crippen LogP) is 4.87. The fraction of sp³-hybridized carbons (Fsp3) is 0.536. The first-order valence-electron chi connectivity index (χ1n) is 12.8. The standard InChI is InChI=1S/C26H30N4O2.C2H7N/c1-18-25(31-17-20-2-3-20)9-7-23-24(29-32-26(18)23)8-5-19-10-12-30(13-11-19)16-22-6-4-21(14-27)15-28-22;1-3-2/h4,6-7,9,15,19-20H,2-3,5,8,10-13,16-17H2,1H3;3H,1-2H3. The highest BCUT2D eigenvalue weighted by atomic mass is 16.5. The van der Waals surface area contributed by atoms with E-state index in [0.717, 1.165) is 78.7 Å². The molecule has 1 aliphatic carbocycles. The molecule has 7 heteroatoms. The van der Waals surface area contributed by atoms with Crippen LogP contribution in [-0.2, 0) is 13.0 Å². The Hall–Kier alpha value is -2.95. The third kappa shape index (κ3) is 6.81. The van der Waals surface area contributed by atoms with E-state index in [1.807, 2.05) is 26.2 Å². The summed E-state index contributed by atoms with van der Waals surface area (Å²) in [5.74, 6) is 2.38. The lowest BCUT2D eigenvalue weighted by Crippen LogP contribution is -2.33. The molecule has 1 N–H and O–H groups in total. The lowest BCUT2D eigenvalue weighted by atomic mass is 9.91. The Morgan fingerprint density at radius 2 is 1.89 bits per heavy atom. The molecule has 1 aliphatic heterocycles. The van der Waals surface area contributed by atoms with Gasteiger partial charge in [0.2, 0.25) is 0 Å². The van der Waals surface area contributed by atoms with Crippen molar-refractivity contribution in [2.24, 2.45) is 11.8 Å². The average molecular weight is 476 g/mol. The number of pyridine rings is 1. The summed E-state index contributed by atoms with van der Waals surface area (Å²) >= 11 is 0. The Labute approximate surface area is 208 Å². The van der Waals surface area contributed by atoms with Crippen molar-refractivity contribution in [1.29, 1.82) is 5.26 Å². The Kier molecular flexibility index (Phi) is 8.73. The molecular weight excluding hydrogens is 438 g/mol.